The molecule has 0 unspecified atom stereocenters. The number of nitrogens with zero attached hydrogens (tertiary/aromatic N) is 2. The molecule has 5 nitrogen and oxygen atoms in total. The average molecular weight is 209 g/mol. The van der Waals surface area contributed by atoms with Crippen LogP contribution in [0.15, 0.2) is 18.7 Å². The summed E-state index contributed by atoms with van der Waals surface area (Å²) in [6.45, 7) is 0.0694. The molecule has 6 heteroatoms. The van der Waals surface area contributed by atoms with E-state index in [1.807, 2.05) is 0 Å². The van der Waals surface area contributed by atoms with E-state index >= 15 is 0 Å². The molecule has 0 saturated carbocycles. The van der Waals surface area contributed by atoms with Gasteiger partial charge >= 0.3 is 29.6 Å². The zero-order chi connectivity index (χ0) is 10.3. The maximum atomic E-state index is 9.89. The zero-order valence-corrected chi connectivity index (χ0v) is 8.15. The number of carbonyl (C=O) groups excluding carboxylic acids is 1. The number of hydrogen-bond donors (Lipinski definition) is 1. The van der Waals surface area contributed by atoms with E-state index in [9.17, 15) is 9.90 Å². The SMILES string of the molecule is C[N+](C)(C)CC(=O)[O-].[NaH].c1c[nH]cn1. The number of H-pyrrole nitrogens is 1. The van der Waals surface area contributed by atoms with E-state index in [-0.39, 0.29) is 36.1 Å². The number of aromatic nitrogens is 2. The van der Waals surface area contributed by atoms with Crippen molar-refractivity contribution in [1.82, 2.24) is 9.97 Å². The van der Waals surface area contributed by atoms with Crippen molar-refractivity contribution >= 4 is 35.5 Å². The van der Waals surface area contributed by atoms with Crippen LogP contribution in [-0.4, -0.2) is 77.7 Å². The van der Waals surface area contributed by atoms with Gasteiger partial charge in [-0.3, -0.25) is 0 Å². The molecule has 0 aliphatic heterocycles. The van der Waals surface area contributed by atoms with E-state index in [2.05, 4.69) is 9.97 Å². The first-order valence-electron chi connectivity index (χ1n) is 3.85. The third-order valence-electron chi connectivity index (χ3n) is 1.01. The number of quaternary nitrogens is 1. The molecule has 1 aromatic heterocycles. The van der Waals surface area contributed by atoms with Gasteiger partial charge in [-0.25, -0.2) is 4.98 Å². The van der Waals surface area contributed by atoms with Gasteiger partial charge in [-0.1, -0.05) is 0 Å². The normalized spacial score (nSPS) is 9.36. The van der Waals surface area contributed by atoms with Crippen molar-refractivity contribution in [3.63, 3.8) is 0 Å². The summed E-state index contributed by atoms with van der Waals surface area (Å²) in [7, 11) is 5.40. The Bertz CT molecular complexity index is 214. The third-order valence-corrected chi connectivity index (χ3v) is 1.01. The number of imidazole rings is 1. The number of nitrogens with one attached hydrogen (secondary N) is 1. The Hall–Kier alpha value is -0.360. The van der Waals surface area contributed by atoms with Crippen LogP contribution in [0.25, 0.3) is 0 Å². The monoisotopic (exact) mass is 209 g/mol. The molecule has 0 bridgehead atoms. The molecule has 1 N–H and O–H groups in total. The second kappa shape index (κ2) is 7.99. The summed E-state index contributed by atoms with van der Waals surface area (Å²) in [5, 5.41) is 9.89. The largest absolute Gasteiger partial charge is 0.351 e. The van der Waals surface area contributed by atoms with Crippen LogP contribution < -0.4 is 5.11 Å². The van der Waals surface area contributed by atoms with Gasteiger partial charge in [-0.2, -0.15) is 0 Å². The summed E-state index contributed by atoms with van der Waals surface area (Å²) in [6, 6.07) is 0. The molecule has 0 aromatic carbocycles. The summed E-state index contributed by atoms with van der Waals surface area (Å²) in [5.74, 6) is -1.00. The van der Waals surface area contributed by atoms with Crippen molar-refractivity contribution in [3.05, 3.63) is 18.7 Å². The molecule has 0 aliphatic carbocycles. The number of likely N-dealkylation sites (N-methyl/N-ethyl adjacent to an activating group) is 1. The Labute approximate surface area is 106 Å². The van der Waals surface area contributed by atoms with Crippen LogP contribution in [0.5, 0.6) is 0 Å². The summed E-state index contributed by atoms with van der Waals surface area (Å²) in [4.78, 5) is 16.3. The number of carboxylic acids is 1. The summed E-state index contributed by atoms with van der Waals surface area (Å²) in [6.07, 6.45) is 5.08. The third kappa shape index (κ3) is 14.2. The maximum absolute atomic E-state index is 9.89. The van der Waals surface area contributed by atoms with Gasteiger partial charge in [0.15, 0.2) is 0 Å². The summed E-state index contributed by atoms with van der Waals surface area (Å²) >= 11 is 0. The molecular weight excluding hydrogens is 193 g/mol. The van der Waals surface area contributed by atoms with Crippen LogP contribution in [-0.2, 0) is 4.79 Å². The standard InChI is InChI=1S/C5H11NO2.C3H4N2.Na.H/c1-6(2,3)4-5(7)8;1-2-5-3-4-1;;/h4H2,1-3H3;1-3H,(H,4,5);;. The smallest absolute Gasteiger partial charge is 0.0919 e. The van der Waals surface area contributed by atoms with Gasteiger partial charge in [-0.15, -0.1) is 0 Å². The van der Waals surface area contributed by atoms with Gasteiger partial charge in [0, 0.05) is 12.4 Å². The fraction of sp³-hybridized carbons (Fsp3) is 0.500. The number of aliphatic carboxylic acids is 1. The predicted octanol–water partition coefficient (Wildman–Crippen LogP) is -1.80. The minimum absolute atomic E-state index is 0. The van der Waals surface area contributed by atoms with Gasteiger partial charge in [0.25, 0.3) is 0 Å². The minimum Gasteiger partial charge on any atom is -0.351 e. The molecule has 0 amide bonds. The first-order valence-corrected chi connectivity index (χ1v) is 3.85. The fourth-order valence-electron chi connectivity index (χ4n) is 0.602. The van der Waals surface area contributed by atoms with E-state index in [0.717, 1.165) is 0 Å². The van der Waals surface area contributed by atoms with Crippen molar-refractivity contribution in [1.29, 1.82) is 0 Å². The maximum Gasteiger partial charge on any atom is 0.0919 e. The van der Waals surface area contributed by atoms with Crippen LogP contribution in [0.1, 0.15) is 0 Å². The van der Waals surface area contributed by atoms with Crippen molar-refractivity contribution in [2.24, 2.45) is 0 Å². The first-order chi connectivity index (χ1) is 5.92. The van der Waals surface area contributed by atoms with Gasteiger partial charge in [-0.05, 0) is 0 Å². The average Bonchev–Trinajstić information content (AvgIpc) is 2.33. The molecular formula is C8H16N3NaO2. The Morgan fingerprint density at radius 1 is 1.50 bits per heavy atom. The number of rotatable bonds is 2. The summed E-state index contributed by atoms with van der Waals surface area (Å²) in [5.41, 5.74) is 0. The number of aromatic amines is 1. The van der Waals surface area contributed by atoms with Crippen molar-refractivity contribution in [3.8, 4) is 0 Å². The number of carboxylic acid groups (broad SMARTS) is 1. The van der Waals surface area contributed by atoms with Crippen LogP contribution in [0.4, 0.5) is 0 Å². The van der Waals surface area contributed by atoms with Crippen LogP contribution in [0, 0.1) is 0 Å². The van der Waals surface area contributed by atoms with Gasteiger partial charge in [0.05, 0.1) is 33.4 Å². The van der Waals surface area contributed by atoms with E-state index < -0.39 is 5.97 Å². The van der Waals surface area contributed by atoms with Crippen LogP contribution >= 0.6 is 0 Å². The quantitative estimate of drug-likeness (QED) is 0.462. The second-order valence-electron chi connectivity index (χ2n) is 3.58. The molecule has 1 heterocycles. The molecule has 0 fully saturated rings. The Morgan fingerprint density at radius 3 is 2.14 bits per heavy atom. The summed E-state index contributed by atoms with van der Waals surface area (Å²) < 4.78 is 0.419. The Balaban J connectivity index is 0. The van der Waals surface area contributed by atoms with E-state index in [1.165, 1.54) is 0 Å². The minimum atomic E-state index is -1.00. The Kier molecular flexibility index (Phi) is 9.18. The number of carbonyl (C=O) groups is 1. The van der Waals surface area contributed by atoms with Crippen molar-refractivity contribution in [2.45, 2.75) is 0 Å². The fourth-order valence-corrected chi connectivity index (χ4v) is 0.602. The predicted molar refractivity (Wildman–Crippen MR) is 53.6 cm³/mol. The molecule has 0 atom stereocenters. The topological polar surface area (TPSA) is 68.8 Å². The molecule has 0 radical (unpaired) electrons. The van der Waals surface area contributed by atoms with Gasteiger partial charge in [0.1, 0.15) is 6.54 Å². The number of hydrogen-bond acceptors (Lipinski definition) is 3. The van der Waals surface area contributed by atoms with Gasteiger partial charge in [0.2, 0.25) is 0 Å². The molecule has 14 heavy (non-hydrogen) atoms. The van der Waals surface area contributed by atoms with Crippen LogP contribution in [0.2, 0.25) is 0 Å². The second-order valence-corrected chi connectivity index (χ2v) is 3.58. The van der Waals surface area contributed by atoms with Gasteiger partial charge < -0.3 is 19.4 Å². The zero-order valence-electron chi connectivity index (χ0n) is 8.15. The van der Waals surface area contributed by atoms with Crippen LogP contribution in [0.3, 0.4) is 0 Å². The van der Waals surface area contributed by atoms with Crippen molar-refractivity contribution < 1.29 is 14.4 Å². The molecule has 0 aliphatic rings. The van der Waals surface area contributed by atoms with E-state index in [4.69, 9.17) is 0 Å². The Morgan fingerprint density at radius 2 is 2.07 bits per heavy atom. The van der Waals surface area contributed by atoms with Crippen molar-refractivity contribution in [2.75, 3.05) is 27.7 Å². The molecule has 76 valence electrons. The first kappa shape index (κ1) is 16.1. The van der Waals surface area contributed by atoms with E-state index in [0.29, 0.717) is 4.48 Å². The van der Waals surface area contributed by atoms with E-state index in [1.54, 1.807) is 39.9 Å². The molecule has 1 aromatic rings. The molecule has 1 rings (SSSR count). The molecule has 0 saturated heterocycles. The molecule has 0 spiro atoms.